The van der Waals surface area contributed by atoms with Crippen LogP contribution in [0.15, 0.2) is 83.7 Å². The van der Waals surface area contributed by atoms with Gasteiger partial charge in [-0.2, -0.15) is 4.68 Å². The number of benzene rings is 3. The zero-order chi connectivity index (χ0) is 22.5. The minimum Gasteiger partial charge on any atom is -0.339 e. The molecule has 0 aliphatic rings. The molecule has 4 rings (SSSR count). The molecule has 1 aromatic heterocycles. The molecule has 0 saturated carbocycles. The Morgan fingerprint density at radius 1 is 1.00 bits per heavy atom. The molecule has 0 bridgehead atoms. The van der Waals surface area contributed by atoms with Crippen LogP contribution in [0.1, 0.15) is 17.5 Å². The summed E-state index contributed by atoms with van der Waals surface area (Å²) in [6.45, 7) is 0.505. The van der Waals surface area contributed by atoms with Gasteiger partial charge in [-0.1, -0.05) is 54.6 Å². The second-order valence-electron chi connectivity index (χ2n) is 7.58. The number of halogens is 1. The van der Waals surface area contributed by atoms with Crippen molar-refractivity contribution >= 4 is 22.8 Å². The number of para-hydroxylation sites is 1. The number of carbonyl (C=O) groups excluding carboxylic acids is 1. The average molecular weight is 430 g/mol. The molecule has 0 fully saturated rings. The molecule has 1 N–H and O–H groups in total. The van der Waals surface area contributed by atoms with E-state index in [0.717, 1.165) is 5.56 Å². The van der Waals surface area contributed by atoms with Gasteiger partial charge in [0.1, 0.15) is 5.82 Å². The van der Waals surface area contributed by atoms with Gasteiger partial charge in [-0.15, -0.1) is 0 Å². The van der Waals surface area contributed by atoms with Gasteiger partial charge in [0.15, 0.2) is 0 Å². The Bertz CT molecular complexity index is 1300. The van der Waals surface area contributed by atoms with Crippen molar-refractivity contribution in [3.8, 4) is 0 Å². The van der Waals surface area contributed by atoms with E-state index in [1.807, 2.05) is 48.3 Å². The highest BCUT2D eigenvalue weighted by Crippen LogP contribution is 2.16. The second kappa shape index (κ2) is 9.43. The smallest absolute Gasteiger partial charge is 0.281 e. The molecule has 0 aliphatic carbocycles. The molecule has 0 radical (unpaired) electrons. The van der Waals surface area contributed by atoms with Crippen LogP contribution in [0.5, 0.6) is 0 Å². The molecular formula is C25H23FN4O2. The van der Waals surface area contributed by atoms with Gasteiger partial charge in [0.05, 0.1) is 10.9 Å². The van der Waals surface area contributed by atoms with E-state index in [1.165, 1.54) is 16.8 Å². The summed E-state index contributed by atoms with van der Waals surface area (Å²) in [6.07, 6.45) is 0.457. The van der Waals surface area contributed by atoms with Crippen molar-refractivity contribution in [3.63, 3.8) is 0 Å². The van der Waals surface area contributed by atoms with E-state index in [0.29, 0.717) is 35.4 Å². The van der Waals surface area contributed by atoms with Gasteiger partial charge in [0, 0.05) is 20.0 Å². The molecular weight excluding hydrogens is 407 g/mol. The van der Waals surface area contributed by atoms with Crippen molar-refractivity contribution in [1.82, 2.24) is 9.66 Å². The molecule has 0 unspecified atom stereocenters. The first kappa shape index (κ1) is 21.2. The summed E-state index contributed by atoms with van der Waals surface area (Å²) in [7, 11) is 1.82. The minimum absolute atomic E-state index is 0.102. The van der Waals surface area contributed by atoms with Crippen molar-refractivity contribution < 1.29 is 9.18 Å². The molecule has 4 aromatic rings. The van der Waals surface area contributed by atoms with Gasteiger partial charge in [-0.05, 0) is 41.8 Å². The van der Waals surface area contributed by atoms with Crippen molar-refractivity contribution in [3.05, 3.63) is 106 Å². The largest absolute Gasteiger partial charge is 0.339 e. The number of hydrogen-bond acceptors (Lipinski definition) is 4. The standard InChI is InChI=1S/C25H23FN4O2/c1-29(17-19-8-3-2-4-9-19)25-27-22-13-6-5-12-21(22)24(32)30(25)28-23(31)15-14-18-10-7-11-20(26)16-18/h2-13,16H,14-15,17H2,1H3,(H,28,31). The van der Waals surface area contributed by atoms with Gasteiger partial charge in [-0.3, -0.25) is 15.0 Å². The van der Waals surface area contributed by atoms with Crippen LogP contribution in [0, 0.1) is 5.82 Å². The number of amides is 1. The number of aromatic nitrogens is 2. The monoisotopic (exact) mass is 430 g/mol. The lowest BCUT2D eigenvalue weighted by Crippen LogP contribution is -2.38. The summed E-state index contributed by atoms with van der Waals surface area (Å²) in [5.74, 6) is -0.373. The summed E-state index contributed by atoms with van der Waals surface area (Å²) >= 11 is 0. The number of nitrogens with one attached hydrogen (secondary N) is 1. The Kier molecular flexibility index (Phi) is 6.26. The number of carbonyl (C=O) groups is 1. The SMILES string of the molecule is CN(Cc1ccccc1)c1nc2ccccc2c(=O)n1NC(=O)CCc1cccc(F)c1. The van der Waals surface area contributed by atoms with E-state index in [4.69, 9.17) is 0 Å². The molecule has 7 heteroatoms. The third-order valence-corrected chi connectivity index (χ3v) is 5.13. The third-order valence-electron chi connectivity index (χ3n) is 5.13. The van der Waals surface area contributed by atoms with Crippen LogP contribution in [0.25, 0.3) is 10.9 Å². The number of anilines is 1. The zero-order valence-electron chi connectivity index (χ0n) is 17.7. The van der Waals surface area contributed by atoms with Crippen LogP contribution in [-0.2, 0) is 17.8 Å². The molecule has 1 heterocycles. The molecule has 6 nitrogen and oxygen atoms in total. The fraction of sp³-hybridized carbons (Fsp3) is 0.160. The molecule has 32 heavy (non-hydrogen) atoms. The van der Waals surface area contributed by atoms with Gasteiger partial charge in [0.25, 0.3) is 5.56 Å². The summed E-state index contributed by atoms with van der Waals surface area (Å²) < 4.78 is 14.6. The predicted octanol–water partition coefficient (Wildman–Crippen LogP) is 3.87. The topological polar surface area (TPSA) is 67.2 Å². The maximum atomic E-state index is 13.4. The quantitative estimate of drug-likeness (QED) is 0.483. The van der Waals surface area contributed by atoms with E-state index >= 15 is 0 Å². The highest BCUT2D eigenvalue weighted by Gasteiger charge is 2.17. The van der Waals surface area contributed by atoms with Gasteiger partial charge >= 0.3 is 0 Å². The van der Waals surface area contributed by atoms with E-state index in [2.05, 4.69) is 10.4 Å². The van der Waals surface area contributed by atoms with Crippen LogP contribution in [0.3, 0.4) is 0 Å². The van der Waals surface area contributed by atoms with Gasteiger partial charge in [-0.25, -0.2) is 9.37 Å². The lowest BCUT2D eigenvalue weighted by molar-refractivity contribution is -0.117. The number of aryl methyl sites for hydroxylation is 1. The fourth-order valence-electron chi connectivity index (χ4n) is 3.54. The fourth-order valence-corrected chi connectivity index (χ4v) is 3.54. The van der Waals surface area contributed by atoms with Crippen LogP contribution in [0.4, 0.5) is 10.3 Å². The molecule has 0 saturated heterocycles. The molecule has 162 valence electrons. The van der Waals surface area contributed by atoms with Crippen molar-refractivity contribution in [2.45, 2.75) is 19.4 Å². The summed E-state index contributed by atoms with van der Waals surface area (Å²) in [5.41, 5.74) is 4.64. The molecule has 0 atom stereocenters. The van der Waals surface area contributed by atoms with Crippen LogP contribution >= 0.6 is 0 Å². The Morgan fingerprint density at radius 2 is 1.72 bits per heavy atom. The number of rotatable bonds is 7. The second-order valence-corrected chi connectivity index (χ2v) is 7.58. The normalized spacial score (nSPS) is 10.8. The Hall–Kier alpha value is -4.00. The van der Waals surface area contributed by atoms with E-state index < -0.39 is 0 Å². The van der Waals surface area contributed by atoms with Crippen LogP contribution in [-0.4, -0.2) is 22.6 Å². The van der Waals surface area contributed by atoms with E-state index in [1.54, 1.807) is 30.3 Å². The first-order valence-corrected chi connectivity index (χ1v) is 10.3. The lowest BCUT2D eigenvalue weighted by atomic mass is 10.1. The maximum Gasteiger partial charge on any atom is 0.281 e. The zero-order valence-corrected chi connectivity index (χ0v) is 17.7. The summed E-state index contributed by atoms with van der Waals surface area (Å²) in [4.78, 5) is 32.3. The third kappa shape index (κ3) is 4.83. The van der Waals surface area contributed by atoms with E-state index in [9.17, 15) is 14.0 Å². The Morgan fingerprint density at radius 3 is 2.50 bits per heavy atom. The molecule has 0 aliphatic heterocycles. The Balaban J connectivity index is 1.62. The highest BCUT2D eigenvalue weighted by molar-refractivity contribution is 5.85. The number of hydrogen-bond donors (Lipinski definition) is 1. The lowest BCUT2D eigenvalue weighted by Gasteiger charge is -2.23. The average Bonchev–Trinajstić information content (AvgIpc) is 2.80. The minimum atomic E-state index is -0.359. The van der Waals surface area contributed by atoms with Gasteiger partial charge < -0.3 is 4.90 Å². The Labute approximate surface area is 184 Å². The van der Waals surface area contributed by atoms with Gasteiger partial charge in [0.2, 0.25) is 11.9 Å². The van der Waals surface area contributed by atoms with Crippen molar-refractivity contribution in [2.75, 3.05) is 17.4 Å². The maximum absolute atomic E-state index is 13.4. The van der Waals surface area contributed by atoms with Crippen LogP contribution < -0.4 is 15.9 Å². The summed E-state index contributed by atoms with van der Waals surface area (Å²) in [6, 6.07) is 22.9. The van der Waals surface area contributed by atoms with Crippen molar-refractivity contribution in [2.24, 2.45) is 0 Å². The molecule has 3 aromatic carbocycles. The summed E-state index contributed by atoms with van der Waals surface area (Å²) in [5, 5.41) is 0.412. The first-order chi connectivity index (χ1) is 15.5. The number of fused-ring (bicyclic) bond motifs is 1. The first-order valence-electron chi connectivity index (χ1n) is 10.3. The number of nitrogens with zero attached hydrogens (tertiary/aromatic N) is 3. The highest BCUT2D eigenvalue weighted by atomic mass is 19.1. The molecule has 0 spiro atoms. The van der Waals surface area contributed by atoms with E-state index in [-0.39, 0.29) is 23.7 Å². The van der Waals surface area contributed by atoms with Crippen molar-refractivity contribution in [1.29, 1.82) is 0 Å². The van der Waals surface area contributed by atoms with Crippen LogP contribution in [0.2, 0.25) is 0 Å². The molecule has 1 amide bonds. The predicted molar refractivity (Wildman–Crippen MR) is 124 cm³/mol.